The van der Waals surface area contributed by atoms with Gasteiger partial charge in [-0.3, -0.25) is 0 Å². The second kappa shape index (κ2) is 7.58. The van der Waals surface area contributed by atoms with Crippen LogP contribution < -0.4 is 5.73 Å². The molecule has 0 spiro atoms. The summed E-state index contributed by atoms with van der Waals surface area (Å²) in [4.78, 5) is 0. The third-order valence-corrected chi connectivity index (χ3v) is 4.04. The van der Waals surface area contributed by atoms with E-state index in [1.165, 1.54) is 32.1 Å². The van der Waals surface area contributed by atoms with Gasteiger partial charge in [0, 0.05) is 11.6 Å². The van der Waals surface area contributed by atoms with E-state index in [-0.39, 0.29) is 0 Å². The van der Waals surface area contributed by atoms with Gasteiger partial charge in [0.05, 0.1) is 0 Å². The fraction of sp³-hybridized carbons (Fsp3) is 0.750. The highest BCUT2D eigenvalue weighted by Gasteiger charge is 2.22. The first-order valence-corrected chi connectivity index (χ1v) is 7.32. The standard InChI is InChI=1S/C16H29N/c1-4-10-15-13(3)11-8-6-7-9-12-16(17)14(15)5-2/h11-12,14-15H,4-10,17H2,1-3H3/b13-11?,16-12-. The summed E-state index contributed by atoms with van der Waals surface area (Å²) >= 11 is 0. The molecule has 1 aliphatic rings. The lowest BCUT2D eigenvalue weighted by Gasteiger charge is -2.28. The summed E-state index contributed by atoms with van der Waals surface area (Å²) in [6.45, 7) is 6.85. The van der Waals surface area contributed by atoms with Crippen molar-refractivity contribution in [3.63, 3.8) is 0 Å². The van der Waals surface area contributed by atoms with Gasteiger partial charge in [0.15, 0.2) is 0 Å². The molecule has 1 rings (SSSR count). The first kappa shape index (κ1) is 14.3. The van der Waals surface area contributed by atoms with Crippen LogP contribution in [0.5, 0.6) is 0 Å². The number of rotatable bonds is 3. The molecule has 0 saturated carbocycles. The number of allylic oxidation sites excluding steroid dienone is 4. The largest absolute Gasteiger partial charge is 0.402 e. The minimum Gasteiger partial charge on any atom is -0.402 e. The van der Waals surface area contributed by atoms with Crippen molar-refractivity contribution in [2.45, 2.75) is 65.7 Å². The molecule has 0 fully saturated rings. The van der Waals surface area contributed by atoms with Crippen LogP contribution in [0.3, 0.4) is 0 Å². The normalized spacial score (nSPS) is 30.3. The second-order valence-corrected chi connectivity index (χ2v) is 5.35. The van der Waals surface area contributed by atoms with E-state index in [2.05, 4.69) is 32.9 Å². The summed E-state index contributed by atoms with van der Waals surface area (Å²) in [5, 5.41) is 0. The monoisotopic (exact) mass is 235 g/mol. The van der Waals surface area contributed by atoms with E-state index in [9.17, 15) is 0 Å². The topological polar surface area (TPSA) is 26.0 Å². The molecule has 0 radical (unpaired) electrons. The van der Waals surface area contributed by atoms with Crippen LogP contribution in [-0.2, 0) is 0 Å². The Hall–Kier alpha value is -0.720. The number of hydrogen-bond donors (Lipinski definition) is 1. The molecule has 17 heavy (non-hydrogen) atoms. The van der Waals surface area contributed by atoms with Gasteiger partial charge in [-0.25, -0.2) is 0 Å². The zero-order chi connectivity index (χ0) is 12.7. The Labute approximate surface area is 107 Å². The molecule has 1 nitrogen and oxygen atoms in total. The highest BCUT2D eigenvalue weighted by Crippen LogP contribution is 2.32. The summed E-state index contributed by atoms with van der Waals surface area (Å²) in [6.07, 6.45) is 13.4. The smallest absolute Gasteiger partial charge is 0.00774 e. The third-order valence-electron chi connectivity index (χ3n) is 4.04. The maximum Gasteiger partial charge on any atom is 0.00774 e. The predicted octanol–water partition coefficient (Wildman–Crippen LogP) is 4.79. The van der Waals surface area contributed by atoms with Gasteiger partial charge in [-0.05, 0) is 51.4 Å². The Morgan fingerprint density at radius 1 is 1.12 bits per heavy atom. The maximum absolute atomic E-state index is 6.30. The van der Waals surface area contributed by atoms with Crippen LogP contribution in [0.25, 0.3) is 0 Å². The van der Waals surface area contributed by atoms with Crippen molar-refractivity contribution in [3.05, 3.63) is 23.4 Å². The Morgan fingerprint density at radius 2 is 1.76 bits per heavy atom. The average molecular weight is 235 g/mol. The molecule has 2 atom stereocenters. The molecular formula is C16H29N. The minimum absolute atomic E-state index is 0.560. The predicted molar refractivity (Wildman–Crippen MR) is 76.7 cm³/mol. The van der Waals surface area contributed by atoms with E-state index in [1.54, 1.807) is 5.57 Å². The molecule has 0 aliphatic heterocycles. The Bertz CT molecular complexity index is 275. The van der Waals surface area contributed by atoms with Crippen LogP contribution in [0.4, 0.5) is 0 Å². The van der Waals surface area contributed by atoms with Crippen molar-refractivity contribution in [1.82, 2.24) is 0 Å². The van der Waals surface area contributed by atoms with E-state index < -0.39 is 0 Å². The van der Waals surface area contributed by atoms with Gasteiger partial charge < -0.3 is 5.73 Å². The van der Waals surface area contributed by atoms with E-state index >= 15 is 0 Å². The molecule has 0 amide bonds. The van der Waals surface area contributed by atoms with Gasteiger partial charge >= 0.3 is 0 Å². The molecule has 2 unspecified atom stereocenters. The highest BCUT2D eigenvalue weighted by atomic mass is 14.6. The molecule has 0 aromatic rings. The maximum atomic E-state index is 6.30. The zero-order valence-corrected chi connectivity index (χ0v) is 11.8. The molecule has 0 aromatic carbocycles. The summed E-state index contributed by atoms with van der Waals surface area (Å²) in [5.41, 5.74) is 9.00. The van der Waals surface area contributed by atoms with Crippen molar-refractivity contribution >= 4 is 0 Å². The van der Waals surface area contributed by atoms with E-state index in [0.717, 1.165) is 18.5 Å². The summed E-state index contributed by atoms with van der Waals surface area (Å²) in [7, 11) is 0. The van der Waals surface area contributed by atoms with Gasteiger partial charge in [0.25, 0.3) is 0 Å². The fourth-order valence-electron chi connectivity index (χ4n) is 3.00. The van der Waals surface area contributed by atoms with Crippen LogP contribution in [0.15, 0.2) is 23.4 Å². The van der Waals surface area contributed by atoms with Crippen LogP contribution in [0, 0.1) is 11.8 Å². The lowest BCUT2D eigenvalue weighted by molar-refractivity contribution is 0.385. The highest BCUT2D eigenvalue weighted by molar-refractivity contribution is 5.14. The zero-order valence-electron chi connectivity index (χ0n) is 11.8. The number of nitrogens with two attached hydrogens (primary N) is 1. The fourth-order valence-corrected chi connectivity index (χ4v) is 3.00. The molecule has 98 valence electrons. The molecule has 0 aromatic heterocycles. The first-order chi connectivity index (χ1) is 8.20. The number of hydrogen-bond acceptors (Lipinski definition) is 1. The summed E-state index contributed by atoms with van der Waals surface area (Å²) in [5.74, 6) is 1.23. The Kier molecular flexibility index (Phi) is 6.39. The van der Waals surface area contributed by atoms with Crippen LogP contribution >= 0.6 is 0 Å². The SMILES string of the molecule is CCCC1C(C)=CCCCC/C=C(\N)C1CC. The molecule has 0 bridgehead atoms. The minimum atomic E-state index is 0.560. The van der Waals surface area contributed by atoms with Crippen LogP contribution in [-0.4, -0.2) is 0 Å². The van der Waals surface area contributed by atoms with Crippen molar-refractivity contribution in [2.24, 2.45) is 17.6 Å². The first-order valence-electron chi connectivity index (χ1n) is 7.32. The van der Waals surface area contributed by atoms with Crippen LogP contribution in [0.2, 0.25) is 0 Å². The lowest BCUT2D eigenvalue weighted by Crippen LogP contribution is -2.22. The van der Waals surface area contributed by atoms with Crippen molar-refractivity contribution in [2.75, 3.05) is 0 Å². The van der Waals surface area contributed by atoms with Crippen molar-refractivity contribution in [1.29, 1.82) is 0 Å². The molecule has 2 N–H and O–H groups in total. The third kappa shape index (κ3) is 4.22. The van der Waals surface area contributed by atoms with Gasteiger partial charge in [-0.2, -0.15) is 0 Å². The van der Waals surface area contributed by atoms with E-state index in [1.807, 2.05) is 0 Å². The van der Waals surface area contributed by atoms with E-state index in [0.29, 0.717) is 11.8 Å². The summed E-state index contributed by atoms with van der Waals surface area (Å²) < 4.78 is 0. The molecule has 1 heteroatoms. The Balaban J connectivity index is 2.93. The molecule has 0 saturated heterocycles. The average Bonchev–Trinajstić information content (AvgIpc) is 2.32. The quantitative estimate of drug-likeness (QED) is 0.699. The van der Waals surface area contributed by atoms with Gasteiger partial charge in [0.1, 0.15) is 0 Å². The lowest BCUT2D eigenvalue weighted by atomic mass is 9.78. The van der Waals surface area contributed by atoms with E-state index in [4.69, 9.17) is 5.73 Å². The molecular weight excluding hydrogens is 206 g/mol. The van der Waals surface area contributed by atoms with Crippen molar-refractivity contribution < 1.29 is 0 Å². The molecule has 0 heterocycles. The molecule has 1 aliphatic carbocycles. The van der Waals surface area contributed by atoms with Gasteiger partial charge in [0.2, 0.25) is 0 Å². The van der Waals surface area contributed by atoms with Gasteiger partial charge in [-0.1, -0.05) is 38.0 Å². The second-order valence-electron chi connectivity index (χ2n) is 5.35. The summed E-state index contributed by atoms with van der Waals surface area (Å²) in [6, 6.07) is 0. The van der Waals surface area contributed by atoms with Crippen molar-refractivity contribution in [3.8, 4) is 0 Å². The van der Waals surface area contributed by atoms with Crippen LogP contribution in [0.1, 0.15) is 65.7 Å². The Morgan fingerprint density at radius 3 is 2.35 bits per heavy atom. The van der Waals surface area contributed by atoms with Gasteiger partial charge in [-0.15, -0.1) is 0 Å².